The Morgan fingerprint density at radius 3 is 1.25 bits per heavy atom. The van der Waals surface area contributed by atoms with Gasteiger partial charge in [-0.05, 0) is 78.7 Å². The fraction of sp³-hybridized carbons (Fsp3) is 0.114. The first kappa shape index (κ1) is 39.3. The summed E-state index contributed by atoms with van der Waals surface area (Å²) in [5.41, 5.74) is 8.34. The van der Waals surface area contributed by atoms with Gasteiger partial charge in [0.2, 0.25) is 0 Å². The monoisotopic (exact) mass is 808 g/mol. The Morgan fingerprint density at radius 1 is 0.509 bits per heavy atom. The van der Waals surface area contributed by atoms with Crippen LogP contribution in [-0.2, 0) is 23.9 Å². The number of nitrogens with zero attached hydrogens (tertiary/aromatic N) is 4. The van der Waals surface area contributed by atoms with Crippen molar-refractivity contribution >= 4 is 74.6 Å². The standard InChI is InChI=1S/C26H14F6N2S.C10H8N2S.C8H8O/c27-25(28,29)17-9-5-15(6-10-17)13-21-23-24(34-20-4-2-1-3-19(20)33-23)22(35-21)14-16-7-11-18(12-8-16)26(30,31)32;1-2-4-8-7(3-1)11-9-5-13-6-10(9)12-8;1-7-2-4-8(6-9)5-3-7/h1-14H;1-4H,5-6H2;2-6H,1H3/b21-13-,22-14-;;. The van der Waals surface area contributed by atoms with Gasteiger partial charge in [0, 0.05) is 17.1 Å². The number of para-hydroxylation sites is 4. The minimum Gasteiger partial charge on any atom is -0.298 e. The van der Waals surface area contributed by atoms with E-state index >= 15 is 0 Å². The Bertz CT molecular complexity index is 2660. The average molecular weight is 809 g/mol. The molecule has 0 spiro atoms. The smallest absolute Gasteiger partial charge is 0.298 e. The van der Waals surface area contributed by atoms with E-state index in [0.717, 1.165) is 58.7 Å². The van der Waals surface area contributed by atoms with Crippen molar-refractivity contribution in [3.05, 3.63) is 175 Å². The van der Waals surface area contributed by atoms with Crippen LogP contribution < -0.4 is 9.06 Å². The fourth-order valence-electron chi connectivity index (χ4n) is 5.79. The highest BCUT2D eigenvalue weighted by atomic mass is 32.2. The van der Waals surface area contributed by atoms with E-state index in [9.17, 15) is 31.1 Å². The SMILES string of the molecule is Cc1ccc(C=O)cc1.FC(F)(F)c1ccc(/C=c2\s/c(=C\c3ccc(C(F)(F)F)cc3)c3nc4ccccc4nc23)cc1.c1ccc2nc3c(nc2c1)CSC3. The maximum atomic E-state index is 12.9. The summed E-state index contributed by atoms with van der Waals surface area (Å²) in [4.78, 5) is 28.7. The number of alkyl halides is 6. The zero-order valence-corrected chi connectivity index (χ0v) is 31.6. The molecule has 3 aromatic heterocycles. The molecule has 13 heteroatoms. The normalized spacial score (nSPS) is 13.2. The lowest BCUT2D eigenvalue weighted by atomic mass is 10.1. The van der Waals surface area contributed by atoms with Gasteiger partial charge >= 0.3 is 12.4 Å². The van der Waals surface area contributed by atoms with Gasteiger partial charge in [-0.15, -0.1) is 23.1 Å². The van der Waals surface area contributed by atoms with E-state index in [4.69, 9.17) is 9.97 Å². The van der Waals surface area contributed by atoms with Crippen molar-refractivity contribution in [2.45, 2.75) is 30.8 Å². The molecule has 1 aliphatic rings. The van der Waals surface area contributed by atoms with E-state index in [1.807, 2.05) is 79.3 Å². The van der Waals surface area contributed by atoms with Crippen LogP contribution in [0.5, 0.6) is 0 Å². The van der Waals surface area contributed by atoms with Crippen LogP contribution in [0, 0.1) is 6.92 Å². The van der Waals surface area contributed by atoms with E-state index < -0.39 is 23.5 Å². The Hall–Kier alpha value is -5.92. The number of thiophene rings is 1. The number of carbonyl (C=O) groups is 1. The first-order valence-corrected chi connectivity index (χ1v) is 19.4. The molecule has 0 aliphatic carbocycles. The summed E-state index contributed by atoms with van der Waals surface area (Å²) in [5, 5.41) is 0. The number of hydrogen-bond donors (Lipinski definition) is 0. The molecule has 0 N–H and O–H groups in total. The van der Waals surface area contributed by atoms with Crippen molar-refractivity contribution in [3.8, 4) is 0 Å². The summed E-state index contributed by atoms with van der Waals surface area (Å²) in [6.07, 6.45) is -4.56. The summed E-state index contributed by atoms with van der Waals surface area (Å²) < 4.78 is 78.8. The lowest BCUT2D eigenvalue weighted by molar-refractivity contribution is -0.138. The third kappa shape index (κ3) is 9.55. The molecule has 0 unspecified atom stereocenters. The van der Waals surface area contributed by atoms with E-state index in [-0.39, 0.29) is 0 Å². The molecule has 0 saturated heterocycles. The maximum absolute atomic E-state index is 12.9. The molecule has 9 rings (SSSR count). The zero-order chi connectivity index (χ0) is 40.2. The molecular formula is C44H30F6N4OS2. The number of rotatable bonds is 3. The highest BCUT2D eigenvalue weighted by Crippen LogP contribution is 2.31. The van der Waals surface area contributed by atoms with Crippen LogP contribution in [0.3, 0.4) is 0 Å². The van der Waals surface area contributed by atoms with E-state index in [0.29, 0.717) is 42.3 Å². The third-order valence-corrected chi connectivity index (χ3v) is 10.8. The van der Waals surface area contributed by atoms with Gasteiger partial charge in [-0.1, -0.05) is 78.4 Å². The van der Waals surface area contributed by atoms with Crippen molar-refractivity contribution in [1.29, 1.82) is 0 Å². The maximum Gasteiger partial charge on any atom is 0.416 e. The van der Waals surface area contributed by atoms with Gasteiger partial charge in [0.05, 0.1) is 53.6 Å². The molecule has 0 bridgehead atoms. The molecule has 0 radical (unpaired) electrons. The summed E-state index contributed by atoms with van der Waals surface area (Å²) in [6.45, 7) is 1.99. The second-order valence-corrected chi connectivity index (χ2v) is 15.0. The largest absolute Gasteiger partial charge is 0.416 e. The van der Waals surface area contributed by atoms with Crippen molar-refractivity contribution in [3.63, 3.8) is 0 Å². The molecule has 1 aliphatic heterocycles. The quantitative estimate of drug-likeness (QED) is 0.131. The number of halogens is 6. The van der Waals surface area contributed by atoms with E-state index in [2.05, 4.69) is 9.97 Å². The van der Waals surface area contributed by atoms with E-state index in [1.54, 1.807) is 24.3 Å². The number of carbonyl (C=O) groups excluding carboxylic acids is 1. The third-order valence-electron chi connectivity index (χ3n) is 8.75. The molecule has 0 fully saturated rings. The molecule has 286 valence electrons. The zero-order valence-electron chi connectivity index (χ0n) is 30.0. The second kappa shape index (κ2) is 16.7. The first-order valence-electron chi connectivity index (χ1n) is 17.4. The van der Waals surface area contributed by atoms with Gasteiger partial charge in [0.25, 0.3) is 0 Å². The molecule has 5 aromatic carbocycles. The topological polar surface area (TPSA) is 68.6 Å². The number of aryl methyl sites for hydroxylation is 1. The van der Waals surface area contributed by atoms with Crippen molar-refractivity contribution in [2.75, 3.05) is 0 Å². The van der Waals surface area contributed by atoms with Crippen LogP contribution in [0.15, 0.2) is 121 Å². The number of aromatic nitrogens is 4. The lowest BCUT2D eigenvalue weighted by Crippen LogP contribution is -2.04. The van der Waals surface area contributed by atoms with Gasteiger partial charge in [0.15, 0.2) is 0 Å². The van der Waals surface area contributed by atoms with Gasteiger partial charge < -0.3 is 0 Å². The predicted octanol–water partition coefficient (Wildman–Crippen LogP) is 10.7. The van der Waals surface area contributed by atoms with Crippen LogP contribution in [0.2, 0.25) is 0 Å². The number of aldehydes is 1. The van der Waals surface area contributed by atoms with Crippen LogP contribution in [0.1, 0.15) is 49.6 Å². The van der Waals surface area contributed by atoms with Crippen molar-refractivity contribution < 1.29 is 31.1 Å². The highest BCUT2D eigenvalue weighted by Gasteiger charge is 2.30. The van der Waals surface area contributed by atoms with Crippen LogP contribution in [0.25, 0.3) is 45.3 Å². The molecule has 0 amide bonds. The molecule has 4 heterocycles. The molecule has 0 atom stereocenters. The van der Waals surface area contributed by atoms with Crippen LogP contribution in [0.4, 0.5) is 26.3 Å². The summed E-state index contributed by atoms with van der Waals surface area (Å²) in [5.74, 6) is 2.04. The van der Waals surface area contributed by atoms with Crippen molar-refractivity contribution in [1.82, 2.24) is 19.9 Å². The summed E-state index contributed by atoms with van der Waals surface area (Å²) in [6, 6.07) is 32.3. The predicted molar refractivity (Wildman–Crippen MR) is 215 cm³/mol. The number of hydrogen-bond acceptors (Lipinski definition) is 7. The van der Waals surface area contributed by atoms with Gasteiger partial charge in [-0.2, -0.15) is 26.3 Å². The van der Waals surface area contributed by atoms with E-state index in [1.165, 1.54) is 52.6 Å². The minimum atomic E-state index is -4.43. The molecule has 8 aromatic rings. The number of thioether (sulfide) groups is 1. The summed E-state index contributed by atoms with van der Waals surface area (Å²) in [7, 11) is 0. The average Bonchev–Trinajstić information content (AvgIpc) is 3.80. The number of fused-ring (bicyclic) bond motifs is 4. The molecule has 5 nitrogen and oxygen atoms in total. The molecular weight excluding hydrogens is 779 g/mol. The highest BCUT2D eigenvalue weighted by molar-refractivity contribution is 7.98. The van der Waals surface area contributed by atoms with Crippen LogP contribution in [-0.4, -0.2) is 26.2 Å². The van der Waals surface area contributed by atoms with Gasteiger partial charge in [0.1, 0.15) is 17.3 Å². The minimum absolute atomic E-state index is 0.553. The lowest BCUT2D eigenvalue weighted by Gasteiger charge is -2.05. The molecule has 57 heavy (non-hydrogen) atoms. The van der Waals surface area contributed by atoms with Crippen molar-refractivity contribution in [2.24, 2.45) is 0 Å². The Balaban J connectivity index is 0.000000181. The first-order chi connectivity index (χ1) is 27.3. The summed E-state index contributed by atoms with van der Waals surface area (Å²) >= 11 is 3.20. The Morgan fingerprint density at radius 2 is 0.877 bits per heavy atom. The van der Waals surface area contributed by atoms with Crippen LogP contribution >= 0.6 is 23.1 Å². The van der Waals surface area contributed by atoms with Gasteiger partial charge in [-0.3, -0.25) is 4.79 Å². The Kier molecular flexibility index (Phi) is 11.5. The number of benzene rings is 5. The second-order valence-electron chi connectivity index (χ2n) is 12.9. The van der Waals surface area contributed by atoms with Gasteiger partial charge in [-0.25, -0.2) is 19.9 Å². The Labute approximate surface area is 330 Å². The fourth-order valence-corrected chi connectivity index (χ4v) is 7.84. The molecule has 0 saturated carbocycles.